The first kappa shape index (κ1) is 17.3. The molecule has 26 heavy (non-hydrogen) atoms. The molecule has 4 rings (SSSR count). The maximum Gasteiger partial charge on any atom is 0.257 e. The number of aryl methyl sites for hydroxylation is 1. The van der Waals surface area contributed by atoms with Crippen LogP contribution in [-0.4, -0.2) is 52.2 Å². The van der Waals surface area contributed by atoms with Crippen LogP contribution >= 0.6 is 0 Å². The Kier molecular flexibility index (Phi) is 4.34. The molecule has 4 heterocycles. The van der Waals surface area contributed by atoms with E-state index in [-0.39, 0.29) is 6.42 Å². The summed E-state index contributed by atoms with van der Waals surface area (Å²) in [5.74, 6) is -1.98. The van der Waals surface area contributed by atoms with Crippen LogP contribution < -0.4 is 4.90 Å². The summed E-state index contributed by atoms with van der Waals surface area (Å²) in [6.07, 6.45) is 2.11. The Morgan fingerprint density at radius 2 is 1.92 bits per heavy atom. The number of anilines is 1. The lowest BCUT2D eigenvalue weighted by atomic mass is 9.75. The third kappa shape index (κ3) is 3.16. The SMILES string of the molecule is Cc1ccc(N2CCC3(CN(Cc4ccccn4)CCC3(F)F)C2)nn1. The van der Waals surface area contributed by atoms with E-state index in [9.17, 15) is 8.78 Å². The lowest BCUT2D eigenvalue weighted by Crippen LogP contribution is -2.56. The molecule has 5 nitrogen and oxygen atoms in total. The number of halogens is 2. The fourth-order valence-corrected chi connectivity index (χ4v) is 4.10. The molecule has 0 aromatic carbocycles. The van der Waals surface area contributed by atoms with E-state index in [1.807, 2.05) is 42.2 Å². The fourth-order valence-electron chi connectivity index (χ4n) is 4.10. The second kappa shape index (κ2) is 6.54. The zero-order valence-corrected chi connectivity index (χ0v) is 14.9. The summed E-state index contributed by atoms with van der Waals surface area (Å²) < 4.78 is 29.9. The van der Waals surface area contributed by atoms with Crippen molar-refractivity contribution >= 4 is 5.82 Å². The number of aromatic nitrogens is 3. The van der Waals surface area contributed by atoms with Gasteiger partial charge in [-0.25, -0.2) is 8.78 Å². The van der Waals surface area contributed by atoms with Gasteiger partial charge in [-0.15, -0.1) is 5.10 Å². The molecule has 2 saturated heterocycles. The van der Waals surface area contributed by atoms with Crippen LogP contribution in [0, 0.1) is 12.3 Å². The third-order valence-electron chi connectivity index (χ3n) is 5.62. The highest BCUT2D eigenvalue weighted by Gasteiger charge is 2.59. The summed E-state index contributed by atoms with van der Waals surface area (Å²) in [5.41, 5.74) is 0.714. The van der Waals surface area contributed by atoms with Crippen LogP contribution in [0.4, 0.5) is 14.6 Å². The minimum absolute atomic E-state index is 0.104. The normalized spacial score (nSPS) is 25.7. The summed E-state index contributed by atoms with van der Waals surface area (Å²) in [7, 11) is 0. The zero-order chi connectivity index (χ0) is 18.2. The lowest BCUT2D eigenvalue weighted by Gasteiger charge is -2.45. The van der Waals surface area contributed by atoms with Crippen LogP contribution in [-0.2, 0) is 6.54 Å². The molecule has 2 aliphatic heterocycles. The second-order valence-corrected chi connectivity index (χ2v) is 7.47. The number of hydrogen-bond acceptors (Lipinski definition) is 5. The topological polar surface area (TPSA) is 45.2 Å². The van der Waals surface area contributed by atoms with E-state index in [0.29, 0.717) is 45.0 Å². The van der Waals surface area contributed by atoms with E-state index in [1.165, 1.54) is 0 Å². The molecule has 2 aliphatic rings. The van der Waals surface area contributed by atoms with Gasteiger partial charge >= 0.3 is 0 Å². The van der Waals surface area contributed by atoms with Gasteiger partial charge in [-0.05, 0) is 37.6 Å². The minimum atomic E-state index is -2.67. The minimum Gasteiger partial charge on any atom is -0.354 e. The quantitative estimate of drug-likeness (QED) is 0.843. The predicted octanol–water partition coefficient (Wildman–Crippen LogP) is 2.92. The van der Waals surface area contributed by atoms with Crippen LogP contribution in [0.5, 0.6) is 0 Å². The van der Waals surface area contributed by atoms with E-state index in [0.717, 1.165) is 11.4 Å². The van der Waals surface area contributed by atoms with Gasteiger partial charge in [-0.3, -0.25) is 9.88 Å². The summed E-state index contributed by atoms with van der Waals surface area (Å²) >= 11 is 0. The third-order valence-corrected chi connectivity index (χ3v) is 5.62. The Morgan fingerprint density at radius 3 is 2.65 bits per heavy atom. The van der Waals surface area contributed by atoms with E-state index < -0.39 is 11.3 Å². The van der Waals surface area contributed by atoms with E-state index >= 15 is 0 Å². The van der Waals surface area contributed by atoms with Crippen LogP contribution in [0.3, 0.4) is 0 Å². The Hall–Kier alpha value is -2.15. The largest absolute Gasteiger partial charge is 0.354 e. The highest BCUT2D eigenvalue weighted by molar-refractivity contribution is 5.40. The van der Waals surface area contributed by atoms with Crippen molar-refractivity contribution in [3.63, 3.8) is 0 Å². The Morgan fingerprint density at radius 1 is 1.04 bits per heavy atom. The average Bonchev–Trinajstić information content (AvgIpc) is 3.06. The molecule has 0 amide bonds. The molecule has 0 bridgehead atoms. The monoisotopic (exact) mass is 359 g/mol. The molecule has 2 fully saturated rings. The van der Waals surface area contributed by atoms with E-state index in [1.54, 1.807) is 6.20 Å². The van der Waals surface area contributed by atoms with Crippen molar-refractivity contribution in [2.75, 3.05) is 31.1 Å². The molecule has 7 heteroatoms. The average molecular weight is 359 g/mol. The number of rotatable bonds is 3. The lowest BCUT2D eigenvalue weighted by molar-refractivity contribution is -0.159. The highest BCUT2D eigenvalue weighted by Crippen LogP contribution is 2.50. The highest BCUT2D eigenvalue weighted by atomic mass is 19.3. The molecule has 1 spiro atoms. The van der Waals surface area contributed by atoms with Gasteiger partial charge in [0.1, 0.15) is 0 Å². The fraction of sp³-hybridized carbons (Fsp3) is 0.526. The zero-order valence-electron chi connectivity index (χ0n) is 14.9. The van der Waals surface area contributed by atoms with Crippen LogP contribution in [0.25, 0.3) is 0 Å². The van der Waals surface area contributed by atoms with Crippen molar-refractivity contribution in [2.45, 2.75) is 32.2 Å². The molecule has 1 unspecified atom stereocenters. The number of pyridine rings is 1. The van der Waals surface area contributed by atoms with Crippen LogP contribution in [0.1, 0.15) is 24.2 Å². The summed E-state index contributed by atoms with van der Waals surface area (Å²) in [6, 6.07) is 9.49. The molecular formula is C19H23F2N5. The molecular weight excluding hydrogens is 336 g/mol. The summed E-state index contributed by atoms with van der Waals surface area (Å²) in [4.78, 5) is 8.40. The molecule has 0 N–H and O–H groups in total. The van der Waals surface area contributed by atoms with E-state index in [4.69, 9.17) is 0 Å². The molecule has 2 aromatic rings. The first-order valence-electron chi connectivity index (χ1n) is 9.03. The van der Waals surface area contributed by atoms with E-state index in [2.05, 4.69) is 20.1 Å². The first-order chi connectivity index (χ1) is 12.5. The van der Waals surface area contributed by atoms with Gasteiger partial charge in [0.25, 0.3) is 5.92 Å². The Balaban J connectivity index is 1.52. The molecule has 0 aliphatic carbocycles. The molecule has 138 valence electrons. The smallest absolute Gasteiger partial charge is 0.257 e. The van der Waals surface area contributed by atoms with Crippen molar-refractivity contribution in [2.24, 2.45) is 5.41 Å². The molecule has 2 aromatic heterocycles. The van der Waals surface area contributed by atoms with Gasteiger partial charge in [0.15, 0.2) is 5.82 Å². The summed E-state index contributed by atoms with van der Waals surface area (Å²) in [6.45, 7) is 4.17. The van der Waals surface area contributed by atoms with Crippen molar-refractivity contribution in [1.29, 1.82) is 0 Å². The van der Waals surface area contributed by atoms with Crippen molar-refractivity contribution in [1.82, 2.24) is 20.1 Å². The van der Waals surface area contributed by atoms with Crippen molar-refractivity contribution in [3.05, 3.63) is 47.9 Å². The standard InChI is InChI=1S/C19H23F2N5/c1-15-5-6-17(24-23-15)26-11-7-18(14-26)13-25(10-8-19(18,20)21)12-16-4-2-3-9-22-16/h2-6,9H,7-8,10-14H2,1H3. The molecule has 0 radical (unpaired) electrons. The van der Waals surface area contributed by atoms with Crippen molar-refractivity contribution in [3.8, 4) is 0 Å². The molecule has 0 saturated carbocycles. The predicted molar refractivity (Wildman–Crippen MR) is 95.1 cm³/mol. The number of piperidine rings is 1. The van der Waals surface area contributed by atoms with Gasteiger partial charge in [-0.2, -0.15) is 5.10 Å². The van der Waals surface area contributed by atoms with Gasteiger partial charge in [0.2, 0.25) is 0 Å². The number of hydrogen-bond donors (Lipinski definition) is 0. The second-order valence-electron chi connectivity index (χ2n) is 7.47. The van der Waals surface area contributed by atoms with Gasteiger partial charge in [0, 0.05) is 45.3 Å². The van der Waals surface area contributed by atoms with Gasteiger partial charge in [0.05, 0.1) is 16.8 Å². The van der Waals surface area contributed by atoms with Crippen molar-refractivity contribution < 1.29 is 8.78 Å². The number of likely N-dealkylation sites (tertiary alicyclic amines) is 1. The first-order valence-corrected chi connectivity index (χ1v) is 9.03. The Labute approximate surface area is 152 Å². The summed E-state index contributed by atoms with van der Waals surface area (Å²) in [5, 5.41) is 8.25. The molecule has 1 atom stereocenters. The van der Waals surface area contributed by atoms with Gasteiger partial charge in [-0.1, -0.05) is 6.07 Å². The van der Waals surface area contributed by atoms with Gasteiger partial charge < -0.3 is 4.90 Å². The number of alkyl halides is 2. The Bertz CT molecular complexity index is 752. The number of nitrogens with zero attached hydrogens (tertiary/aromatic N) is 5. The van der Waals surface area contributed by atoms with Crippen LogP contribution in [0.2, 0.25) is 0 Å². The maximum atomic E-state index is 14.9. The maximum absolute atomic E-state index is 14.9. The van der Waals surface area contributed by atoms with Crippen LogP contribution in [0.15, 0.2) is 36.5 Å².